The summed E-state index contributed by atoms with van der Waals surface area (Å²) in [6, 6.07) is 9.88. The van der Waals surface area contributed by atoms with Gasteiger partial charge in [-0.2, -0.15) is 0 Å². The van der Waals surface area contributed by atoms with Crippen LogP contribution in [-0.4, -0.2) is 21.7 Å². The van der Waals surface area contributed by atoms with Crippen LogP contribution >= 0.6 is 11.8 Å². The number of hydrogen-bond acceptors (Lipinski definition) is 6. The van der Waals surface area contributed by atoms with E-state index in [-0.39, 0.29) is 10.8 Å². The highest BCUT2D eigenvalue weighted by Crippen LogP contribution is 2.33. The number of imide groups is 1. The molecule has 1 aliphatic rings. The van der Waals surface area contributed by atoms with E-state index in [1.165, 1.54) is 0 Å². The maximum Gasteiger partial charge on any atom is 0.290 e. The summed E-state index contributed by atoms with van der Waals surface area (Å²) in [5.74, 6) is 0.0867. The Balaban J connectivity index is 1.63. The van der Waals surface area contributed by atoms with Crippen LogP contribution in [0.3, 0.4) is 0 Å². The quantitative estimate of drug-likeness (QED) is 0.603. The Morgan fingerprint density at radius 1 is 1.17 bits per heavy atom. The van der Waals surface area contributed by atoms with E-state index in [0.29, 0.717) is 22.9 Å². The Bertz CT molecular complexity index is 1120. The van der Waals surface area contributed by atoms with Gasteiger partial charge in [-0.3, -0.25) is 19.9 Å². The summed E-state index contributed by atoms with van der Waals surface area (Å²) in [6.45, 7) is 6.63. The molecule has 0 radical (unpaired) electrons. The van der Waals surface area contributed by atoms with Crippen LogP contribution in [-0.2, 0) is 16.1 Å². The molecule has 6 nitrogen and oxygen atoms in total. The van der Waals surface area contributed by atoms with Crippen molar-refractivity contribution in [1.29, 1.82) is 0 Å². The molecule has 7 heteroatoms. The molecular formula is C22H20N2O4S. The van der Waals surface area contributed by atoms with E-state index < -0.39 is 5.91 Å². The van der Waals surface area contributed by atoms with Gasteiger partial charge in [0.15, 0.2) is 0 Å². The van der Waals surface area contributed by atoms with Gasteiger partial charge in [0, 0.05) is 29.4 Å². The fourth-order valence-electron chi connectivity index (χ4n) is 2.89. The van der Waals surface area contributed by atoms with Crippen LogP contribution in [0.15, 0.2) is 52.0 Å². The molecule has 0 spiro atoms. The van der Waals surface area contributed by atoms with Crippen LogP contribution in [0.5, 0.6) is 0 Å². The molecule has 4 rings (SSSR count). The second kappa shape index (κ2) is 7.50. The van der Waals surface area contributed by atoms with Gasteiger partial charge in [-0.25, -0.2) is 0 Å². The van der Waals surface area contributed by atoms with E-state index in [1.807, 2.05) is 45.0 Å². The number of hydrogen-bond donors (Lipinski definition) is 1. The third-order valence-electron chi connectivity index (χ3n) is 4.29. The zero-order valence-electron chi connectivity index (χ0n) is 16.3. The lowest BCUT2D eigenvalue weighted by atomic mass is 10.0. The number of thioether (sulfide) groups is 1. The summed E-state index contributed by atoms with van der Waals surface area (Å²) in [5, 5.41) is 2.68. The summed E-state index contributed by atoms with van der Waals surface area (Å²) >= 11 is 0.861. The lowest BCUT2D eigenvalue weighted by molar-refractivity contribution is -0.115. The summed E-state index contributed by atoms with van der Waals surface area (Å²) in [7, 11) is 0. The van der Waals surface area contributed by atoms with Gasteiger partial charge in [0.25, 0.3) is 11.1 Å². The molecule has 0 aliphatic carbocycles. The van der Waals surface area contributed by atoms with Crippen molar-refractivity contribution in [3.63, 3.8) is 0 Å². The van der Waals surface area contributed by atoms with Crippen LogP contribution in [0.4, 0.5) is 4.79 Å². The van der Waals surface area contributed by atoms with Gasteiger partial charge in [-0.05, 0) is 49.7 Å². The second-order valence-electron chi connectivity index (χ2n) is 7.70. The van der Waals surface area contributed by atoms with Crippen LogP contribution in [0.25, 0.3) is 28.2 Å². The highest BCUT2D eigenvalue weighted by molar-refractivity contribution is 8.18. The molecule has 1 fully saturated rings. The third kappa shape index (κ3) is 4.41. The summed E-state index contributed by atoms with van der Waals surface area (Å²) in [5.41, 5.74) is 3.41. The molecule has 3 heterocycles. The topological polar surface area (TPSA) is 81.4 Å². The minimum atomic E-state index is -0.410. The highest BCUT2D eigenvalue weighted by Gasteiger charge is 2.25. The fraction of sp³-hybridized carbons (Fsp3) is 0.227. The molecule has 2 amide bonds. The first-order valence-corrected chi connectivity index (χ1v) is 9.96. The van der Waals surface area contributed by atoms with E-state index in [0.717, 1.165) is 33.8 Å². The largest absolute Gasteiger partial charge is 0.456 e. The van der Waals surface area contributed by atoms with Gasteiger partial charge < -0.3 is 9.15 Å². The number of carbonyl (C=O) groups is 2. The Labute approximate surface area is 172 Å². The molecule has 1 saturated heterocycles. The van der Waals surface area contributed by atoms with Crippen molar-refractivity contribution in [1.82, 2.24) is 10.3 Å². The molecule has 29 heavy (non-hydrogen) atoms. The van der Waals surface area contributed by atoms with Crippen LogP contribution < -0.4 is 5.32 Å². The second-order valence-corrected chi connectivity index (χ2v) is 8.72. The molecule has 3 aromatic rings. The van der Waals surface area contributed by atoms with Crippen molar-refractivity contribution in [2.24, 2.45) is 0 Å². The first kappa shape index (κ1) is 19.4. The molecule has 0 unspecified atom stereocenters. The Morgan fingerprint density at radius 2 is 1.93 bits per heavy atom. The lowest BCUT2D eigenvalue weighted by Crippen LogP contribution is -2.18. The zero-order chi connectivity index (χ0) is 20.6. The molecule has 148 valence electrons. The minimum Gasteiger partial charge on any atom is -0.456 e. The third-order valence-corrected chi connectivity index (χ3v) is 5.10. The van der Waals surface area contributed by atoms with Gasteiger partial charge >= 0.3 is 0 Å². The van der Waals surface area contributed by atoms with Crippen LogP contribution in [0, 0.1) is 0 Å². The first-order chi connectivity index (χ1) is 13.8. The number of aromatic nitrogens is 1. The molecule has 2 aromatic heterocycles. The molecule has 1 aliphatic heterocycles. The number of ether oxygens (including phenoxy) is 1. The molecule has 1 aromatic carbocycles. The average Bonchev–Trinajstić information content (AvgIpc) is 3.21. The number of pyridine rings is 1. The molecule has 0 atom stereocenters. The number of rotatable bonds is 4. The van der Waals surface area contributed by atoms with Crippen molar-refractivity contribution in [2.45, 2.75) is 33.0 Å². The minimum absolute atomic E-state index is 0.188. The number of furan rings is 1. The monoisotopic (exact) mass is 408 g/mol. The Kier molecular flexibility index (Phi) is 5.02. The Morgan fingerprint density at radius 3 is 2.59 bits per heavy atom. The van der Waals surface area contributed by atoms with Crippen molar-refractivity contribution in [2.75, 3.05) is 0 Å². The normalized spacial score (nSPS) is 16.0. The van der Waals surface area contributed by atoms with Gasteiger partial charge in [0.1, 0.15) is 11.3 Å². The molecular weight excluding hydrogens is 388 g/mol. The number of nitrogens with zero attached hydrogens (tertiary/aromatic N) is 1. The number of carbonyl (C=O) groups excluding carboxylic acids is 2. The van der Waals surface area contributed by atoms with Crippen molar-refractivity contribution in [3.8, 4) is 11.1 Å². The van der Waals surface area contributed by atoms with Gasteiger partial charge in [-0.1, -0.05) is 24.3 Å². The highest BCUT2D eigenvalue weighted by atomic mass is 32.2. The summed E-state index contributed by atoms with van der Waals surface area (Å²) in [6.07, 6.45) is 5.04. The van der Waals surface area contributed by atoms with Crippen LogP contribution in [0.1, 0.15) is 32.1 Å². The van der Waals surface area contributed by atoms with Crippen molar-refractivity contribution in [3.05, 3.63) is 59.0 Å². The van der Waals surface area contributed by atoms with Crippen molar-refractivity contribution < 1.29 is 18.7 Å². The van der Waals surface area contributed by atoms with E-state index in [2.05, 4.69) is 10.3 Å². The molecule has 0 bridgehead atoms. The van der Waals surface area contributed by atoms with Gasteiger partial charge in [-0.15, -0.1) is 0 Å². The smallest absolute Gasteiger partial charge is 0.290 e. The lowest BCUT2D eigenvalue weighted by Gasteiger charge is -2.19. The predicted molar refractivity (Wildman–Crippen MR) is 113 cm³/mol. The fourth-order valence-corrected chi connectivity index (χ4v) is 3.55. The van der Waals surface area contributed by atoms with Crippen LogP contribution in [0.2, 0.25) is 0 Å². The molecule has 0 saturated carbocycles. The van der Waals surface area contributed by atoms with Gasteiger partial charge in [0.2, 0.25) is 0 Å². The average molecular weight is 408 g/mol. The van der Waals surface area contributed by atoms with Crippen molar-refractivity contribution >= 4 is 40.0 Å². The van der Waals surface area contributed by atoms with E-state index in [1.54, 1.807) is 24.5 Å². The SMILES string of the molecule is CC(C)(C)OCc1ccc(-c2cncc3cc(/C=C4\SC(=O)NC4=O)oc23)cc1. The summed E-state index contributed by atoms with van der Waals surface area (Å²) in [4.78, 5) is 27.7. The number of amides is 2. The van der Waals surface area contributed by atoms with E-state index in [4.69, 9.17) is 9.15 Å². The Hall–Kier alpha value is -2.90. The number of benzene rings is 1. The first-order valence-electron chi connectivity index (χ1n) is 9.14. The zero-order valence-corrected chi connectivity index (χ0v) is 17.1. The predicted octanol–water partition coefficient (Wildman–Crippen LogP) is 5.13. The number of fused-ring (bicyclic) bond motifs is 1. The molecule has 1 N–H and O–H groups in total. The maximum atomic E-state index is 11.8. The summed E-state index contributed by atoms with van der Waals surface area (Å²) < 4.78 is 11.8. The van der Waals surface area contributed by atoms with E-state index >= 15 is 0 Å². The maximum absolute atomic E-state index is 11.8. The standard InChI is InChI=1S/C22H20N2O4S/c1-22(2,3)27-12-13-4-6-14(7-5-13)17-11-23-10-15-8-16(28-19(15)17)9-18-20(25)24-21(26)29-18/h4-11H,12H2,1-3H3,(H,24,25,26)/b18-9-. The number of nitrogens with one attached hydrogen (secondary N) is 1. The van der Waals surface area contributed by atoms with E-state index in [9.17, 15) is 9.59 Å². The van der Waals surface area contributed by atoms with Gasteiger partial charge in [0.05, 0.1) is 17.1 Å².